The Morgan fingerprint density at radius 2 is 1.83 bits per heavy atom. The number of carbonyl (C=O) groups is 1. The maximum Gasteiger partial charge on any atom is 0.387 e. The Kier molecular flexibility index (Phi) is 4.77. The molecular weight excluding hydrogens is 266 g/mol. The highest BCUT2D eigenvalue weighted by Gasteiger charge is 2.11. The molecule has 0 saturated heterocycles. The number of rotatable bonds is 6. The molecule has 0 heterocycles. The van der Waals surface area contributed by atoms with E-state index in [4.69, 9.17) is 0 Å². The summed E-state index contributed by atoms with van der Waals surface area (Å²) in [6.07, 6.45) is 0.910. The summed E-state index contributed by atoms with van der Waals surface area (Å²) >= 11 is 0. The van der Waals surface area contributed by atoms with Crippen LogP contribution in [0.2, 0.25) is 0 Å². The molecular formula is C11H12F2O4S. The molecule has 0 aromatic heterocycles. The van der Waals surface area contributed by atoms with Crippen LogP contribution in [0.3, 0.4) is 0 Å². The molecule has 18 heavy (non-hydrogen) atoms. The number of ketones is 1. The van der Waals surface area contributed by atoms with Crippen molar-refractivity contribution in [3.63, 3.8) is 0 Å². The van der Waals surface area contributed by atoms with Gasteiger partial charge in [0.2, 0.25) is 0 Å². The Labute approximate surface area is 103 Å². The number of hydrogen-bond acceptors (Lipinski definition) is 4. The second kappa shape index (κ2) is 5.90. The molecule has 1 aromatic rings. The lowest BCUT2D eigenvalue weighted by atomic mass is 10.1. The number of carbonyl (C=O) groups excluding carboxylic acids is 1. The van der Waals surface area contributed by atoms with Gasteiger partial charge in [0.25, 0.3) is 0 Å². The van der Waals surface area contributed by atoms with E-state index in [1.54, 1.807) is 0 Å². The van der Waals surface area contributed by atoms with Crippen molar-refractivity contribution in [3.05, 3.63) is 29.8 Å². The first-order valence-corrected chi connectivity index (χ1v) is 7.10. The zero-order chi connectivity index (χ0) is 13.8. The van der Waals surface area contributed by atoms with E-state index in [-0.39, 0.29) is 29.3 Å². The standard InChI is InChI=1S/C11H12F2O4S/c1-18(15,16)7-6-10(14)8-2-4-9(5-3-8)17-11(12)13/h2-5,11H,6-7H2,1H3. The lowest BCUT2D eigenvalue weighted by molar-refractivity contribution is -0.0498. The van der Waals surface area contributed by atoms with E-state index >= 15 is 0 Å². The third-order valence-electron chi connectivity index (χ3n) is 2.10. The van der Waals surface area contributed by atoms with Crippen LogP contribution < -0.4 is 4.74 Å². The van der Waals surface area contributed by atoms with Crippen molar-refractivity contribution in [2.75, 3.05) is 12.0 Å². The lowest BCUT2D eigenvalue weighted by Gasteiger charge is -2.05. The summed E-state index contributed by atoms with van der Waals surface area (Å²) in [5.74, 6) is -0.644. The third kappa shape index (κ3) is 5.22. The number of hydrogen-bond donors (Lipinski definition) is 0. The summed E-state index contributed by atoms with van der Waals surface area (Å²) in [5.41, 5.74) is 0.264. The molecule has 0 radical (unpaired) electrons. The van der Waals surface area contributed by atoms with Crippen molar-refractivity contribution in [1.82, 2.24) is 0 Å². The molecule has 0 atom stereocenters. The van der Waals surface area contributed by atoms with E-state index < -0.39 is 16.4 Å². The van der Waals surface area contributed by atoms with E-state index in [0.29, 0.717) is 0 Å². The Hall–Kier alpha value is -1.50. The fourth-order valence-corrected chi connectivity index (χ4v) is 1.80. The monoisotopic (exact) mass is 278 g/mol. The van der Waals surface area contributed by atoms with Crippen LogP contribution >= 0.6 is 0 Å². The summed E-state index contributed by atoms with van der Waals surface area (Å²) in [7, 11) is -3.20. The maximum atomic E-state index is 11.9. The molecule has 0 amide bonds. The Balaban J connectivity index is 2.65. The van der Waals surface area contributed by atoms with Gasteiger partial charge in [0.1, 0.15) is 15.6 Å². The predicted molar refractivity (Wildman–Crippen MR) is 61.7 cm³/mol. The molecule has 0 N–H and O–H groups in total. The molecule has 0 aliphatic heterocycles. The van der Waals surface area contributed by atoms with Crippen LogP contribution in [0.15, 0.2) is 24.3 Å². The first-order chi connectivity index (χ1) is 8.28. The van der Waals surface area contributed by atoms with Crippen LogP contribution in [0, 0.1) is 0 Å². The molecule has 100 valence electrons. The van der Waals surface area contributed by atoms with E-state index in [0.717, 1.165) is 6.26 Å². The molecule has 0 aliphatic carbocycles. The van der Waals surface area contributed by atoms with Crippen LogP contribution in [0.4, 0.5) is 8.78 Å². The number of sulfone groups is 1. The number of halogens is 2. The number of ether oxygens (including phenoxy) is 1. The Bertz CT molecular complexity index is 508. The Morgan fingerprint density at radius 1 is 1.28 bits per heavy atom. The van der Waals surface area contributed by atoms with Gasteiger partial charge in [0, 0.05) is 18.2 Å². The highest BCUT2D eigenvalue weighted by Crippen LogP contribution is 2.15. The average molecular weight is 278 g/mol. The smallest absolute Gasteiger partial charge is 0.387 e. The molecule has 0 saturated carbocycles. The molecule has 0 aliphatic rings. The van der Waals surface area contributed by atoms with Crippen molar-refractivity contribution in [1.29, 1.82) is 0 Å². The molecule has 1 rings (SSSR count). The fourth-order valence-electron chi connectivity index (χ4n) is 1.24. The number of alkyl halides is 2. The highest BCUT2D eigenvalue weighted by molar-refractivity contribution is 7.90. The van der Waals surface area contributed by atoms with Gasteiger partial charge in [-0.3, -0.25) is 4.79 Å². The van der Waals surface area contributed by atoms with E-state index in [1.165, 1.54) is 24.3 Å². The molecule has 0 spiro atoms. The van der Waals surface area contributed by atoms with Crippen LogP contribution in [0.1, 0.15) is 16.8 Å². The van der Waals surface area contributed by atoms with E-state index in [2.05, 4.69) is 4.74 Å². The SMILES string of the molecule is CS(=O)(=O)CCC(=O)c1ccc(OC(F)F)cc1. The number of benzene rings is 1. The minimum absolute atomic E-state index is 0.0512. The van der Waals surface area contributed by atoms with Crippen molar-refractivity contribution < 1.29 is 26.7 Å². The number of Topliss-reactive ketones (excluding diaryl/α,β-unsaturated/α-hetero) is 1. The maximum absolute atomic E-state index is 11.9. The third-order valence-corrected chi connectivity index (χ3v) is 3.05. The quantitative estimate of drug-likeness (QED) is 0.746. The normalized spacial score (nSPS) is 11.6. The van der Waals surface area contributed by atoms with Gasteiger partial charge < -0.3 is 4.74 Å². The summed E-state index contributed by atoms with van der Waals surface area (Å²) in [4.78, 5) is 11.6. The first kappa shape index (κ1) is 14.6. The van der Waals surface area contributed by atoms with E-state index in [1.807, 2.05) is 0 Å². The van der Waals surface area contributed by atoms with Gasteiger partial charge in [0.05, 0.1) is 5.75 Å². The summed E-state index contributed by atoms with van der Waals surface area (Å²) in [6.45, 7) is -2.92. The van der Waals surface area contributed by atoms with Gasteiger partial charge in [-0.15, -0.1) is 0 Å². The minimum atomic E-state index is -3.20. The van der Waals surface area contributed by atoms with Crippen molar-refractivity contribution in [3.8, 4) is 5.75 Å². The van der Waals surface area contributed by atoms with Crippen LogP contribution in [-0.2, 0) is 9.84 Å². The lowest BCUT2D eigenvalue weighted by Crippen LogP contribution is -2.09. The van der Waals surface area contributed by atoms with Crippen molar-refractivity contribution >= 4 is 15.6 Å². The van der Waals surface area contributed by atoms with Gasteiger partial charge in [-0.05, 0) is 24.3 Å². The van der Waals surface area contributed by atoms with Crippen LogP contribution in [0.5, 0.6) is 5.75 Å². The molecule has 0 unspecified atom stereocenters. The summed E-state index contributed by atoms with van der Waals surface area (Å²) in [5, 5.41) is 0. The van der Waals surface area contributed by atoms with Gasteiger partial charge >= 0.3 is 6.61 Å². The van der Waals surface area contributed by atoms with Gasteiger partial charge in [-0.25, -0.2) is 8.42 Å². The van der Waals surface area contributed by atoms with Gasteiger partial charge in [-0.1, -0.05) is 0 Å². The second-order valence-corrected chi connectivity index (χ2v) is 5.97. The molecule has 4 nitrogen and oxygen atoms in total. The minimum Gasteiger partial charge on any atom is -0.435 e. The zero-order valence-electron chi connectivity index (χ0n) is 9.60. The highest BCUT2D eigenvalue weighted by atomic mass is 32.2. The van der Waals surface area contributed by atoms with Crippen LogP contribution in [0.25, 0.3) is 0 Å². The topological polar surface area (TPSA) is 60.4 Å². The molecule has 0 bridgehead atoms. The molecule has 7 heteroatoms. The van der Waals surface area contributed by atoms with Crippen LogP contribution in [-0.4, -0.2) is 32.8 Å². The molecule has 1 aromatic carbocycles. The predicted octanol–water partition coefficient (Wildman–Crippen LogP) is 1.91. The largest absolute Gasteiger partial charge is 0.435 e. The molecule has 0 fully saturated rings. The van der Waals surface area contributed by atoms with Crippen molar-refractivity contribution in [2.24, 2.45) is 0 Å². The summed E-state index contributed by atoms with van der Waals surface area (Å²) < 4.78 is 49.6. The summed E-state index contributed by atoms with van der Waals surface area (Å²) in [6, 6.07) is 5.12. The van der Waals surface area contributed by atoms with Crippen molar-refractivity contribution in [2.45, 2.75) is 13.0 Å². The van der Waals surface area contributed by atoms with E-state index in [9.17, 15) is 22.0 Å². The fraction of sp³-hybridized carbons (Fsp3) is 0.364. The Morgan fingerprint density at radius 3 is 2.28 bits per heavy atom. The van der Waals surface area contributed by atoms with Gasteiger partial charge in [-0.2, -0.15) is 8.78 Å². The first-order valence-electron chi connectivity index (χ1n) is 5.04. The second-order valence-electron chi connectivity index (χ2n) is 3.71. The zero-order valence-corrected chi connectivity index (χ0v) is 10.4. The average Bonchev–Trinajstić information content (AvgIpc) is 2.25. The van der Waals surface area contributed by atoms with Gasteiger partial charge in [0.15, 0.2) is 5.78 Å².